The largest absolute Gasteiger partial charge is 0.313 e. The molecule has 0 bridgehead atoms. The second kappa shape index (κ2) is 6.35. The first-order valence-electron chi connectivity index (χ1n) is 7.33. The first-order valence-corrected chi connectivity index (χ1v) is 8.94. The third kappa shape index (κ3) is 3.68. The Morgan fingerprint density at radius 3 is 2.44 bits per heavy atom. The van der Waals surface area contributed by atoms with Crippen LogP contribution in [0.2, 0.25) is 0 Å². The molecule has 1 unspecified atom stereocenters. The third-order valence-electron chi connectivity index (χ3n) is 4.26. The Bertz CT molecular complexity index is 346. The van der Waals surface area contributed by atoms with Crippen molar-refractivity contribution in [3.63, 3.8) is 0 Å². The maximum Gasteiger partial charge on any atom is 0.215 e. The van der Waals surface area contributed by atoms with E-state index in [0.717, 1.165) is 25.9 Å². The van der Waals surface area contributed by atoms with Gasteiger partial charge in [-0.1, -0.05) is 19.8 Å². The fourth-order valence-electron chi connectivity index (χ4n) is 2.83. The molecule has 0 amide bonds. The second-order valence-corrected chi connectivity index (χ2v) is 7.69. The molecule has 1 atom stereocenters. The molecule has 4 nitrogen and oxygen atoms in total. The monoisotopic (exact) mass is 274 g/mol. The second-order valence-electron chi connectivity index (χ2n) is 5.67. The summed E-state index contributed by atoms with van der Waals surface area (Å²) in [6, 6.07) is 0.166. The van der Waals surface area contributed by atoms with Crippen LogP contribution >= 0.6 is 0 Å². The van der Waals surface area contributed by atoms with Crippen LogP contribution in [0.1, 0.15) is 45.4 Å². The highest BCUT2D eigenvalue weighted by Gasteiger charge is 2.29. The molecule has 1 aliphatic carbocycles. The molecule has 1 saturated heterocycles. The van der Waals surface area contributed by atoms with Gasteiger partial charge < -0.3 is 5.32 Å². The summed E-state index contributed by atoms with van der Waals surface area (Å²) in [5.74, 6) is 0.896. The normalized spacial score (nSPS) is 26.2. The summed E-state index contributed by atoms with van der Waals surface area (Å²) in [5, 5.41) is 3.33. The Hall–Kier alpha value is -0.130. The Morgan fingerprint density at radius 2 is 1.94 bits per heavy atom. The van der Waals surface area contributed by atoms with E-state index >= 15 is 0 Å². The number of sulfonamides is 1. The molecule has 0 aromatic carbocycles. The molecule has 2 aliphatic rings. The highest BCUT2D eigenvalue weighted by Crippen LogP contribution is 2.28. The molecular formula is C13H26N2O2S. The van der Waals surface area contributed by atoms with E-state index in [1.165, 1.54) is 25.7 Å². The molecule has 106 valence electrons. The van der Waals surface area contributed by atoms with Crippen molar-refractivity contribution in [2.45, 2.75) is 51.5 Å². The average Bonchev–Trinajstić information content (AvgIpc) is 2.28. The number of piperidine rings is 1. The highest BCUT2D eigenvalue weighted by atomic mass is 32.2. The van der Waals surface area contributed by atoms with Crippen LogP contribution < -0.4 is 5.32 Å². The summed E-state index contributed by atoms with van der Waals surface area (Å²) in [7, 11) is -3.07. The van der Waals surface area contributed by atoms with Crippen LogP contribution in [0, 0.1) is 5.92 Å². The van der Waals surface area contributed by atoms with Crippen LogP contribution in [0.3, 0.4) is 0 Å². The lowest BCUT2D eigenvalue weighted by Crippen LogP contribution is -2.45. The fourth-order valence-corrected chi connectivity index (χ4v) is 4.66. The van der Waals surface area contributed by atoms with Gasteiger partial charge >= 0.3 is 0 Å². The molecule has 0 aromatic rings. The summed E-state index contributed by atoms with van der Waals surface area (Å²) in [4.78, 5) is 0. The lowest BCUT2D eigenvalue weighted by atomic mass is 9.85. The first-order chi connectivity index (χ1) is 8.62. The topological polar surface area (TPSA) is 49.4 Å². The molecule has 5 heteroatoms. The SMILES string of the molecule is CCN(CC1CCC1)S(=O)(=O)CC1CCCCN1. The predicted octanol–water partition coefficient (Wildman–Crippen LogP) is 1.58. The number of nitrogens with zero attached hydrogens (tertiary/aromatic N) is 1. The molecule has 1 aliphatic heterocycles. The van der Waals surface area contributed by atoms with Gasteiger partial charge in [0.2, 0.25) is 10.0 Å². The van der Waals surface area contributed by atoms with Crippen molar-refractivity contribution < 1.29 is 8.42 Å². The smallest absolute Gasteiger partial charge is 0.215 e. The van der Waals surface area contributed by atoms with Crippen molar-refractivity contribution >= 4 is 10.0 Å². The molecule has 1 N–H and O–H groups in total. The molecule has 2 rings (SSSR count). The maximum absolute atomic E-state index is 12.4. The van der Waals surface area contributed by atoms with E-state index in [9.17, 15) is 8.42 Å². The van der Waals surface area contributed by atoms with Crippen molar-refractivity contribution in [3.8, 4) is 0 Å². The van der Waals surface area contributed by atoms with Gasteiger partial charge in [0, 0.05) is 19.1 Å². The van der Waals surface area contributed by atoms with Gasteiger partial charge in [-0.05, 0) is 38.1 Å². The van der Waals surface area contributed by atoms with E-state index in [0.29, 0.717) is 12.5 Å². The van der Waals surface area contributed by atoms with Gasteiger partial charge in [-0.3, -0.25) is 0 Å². The minimum Gasteiger partial charge on any atom is -0.313 e. The van der Waals surface area contributed by atoms with Gasteiger partial charge in [-0.15, -0.1) is 0 Å². The molecule has 0 aromatic heterocycles. The first kappa shape index (κ1) is 14.3. The Labute approximate surface area is 111 Å². The Kier molecular flexibility index (Phi) is 5.04. The van der Waals surface area contributed by atoms with Crippen molar-refractivity contribution in [3.05, 3.63) is 0 Å². The van der Waals surface area contributed by atoms with Gasteiger partial charge in [0.15, 0.2) is 0 Å². The summed E-state index contributed by atoms with van der Waals surface area (Å²) < 4.78 is 26.5. The zero-order valence-corrected chi connectivity index (χ0v) is 12.2. The molecule has 2 fully saturated rings. The zero-order valence-electron chi connectivity index (χ0n) is 11.4. The van der Waals surface area contributed by atoms with E-state index in [1.54, 1.807) is 4.31 Å². The molecule has 0 radical (unpaired) electrons. The fraction of sp³-hybridized carbons (Fsp3) is 1.00. The number of rotatable bonds is 6. The average molecular weight is 274 g/mol. The zero-order chi connectivity index (χ0) is 13.0. The maximum atomic E-state index is 12.4. The van der Waals surface area contributed by atoms with Gasteiger partial charge in [0.25, 0.3) is 0 Å². The Balaban J connectivity index is 1.89. The standard InChI is InChI=1S/C13H26N2O2S/c1-2-15(10-12-6-5-7-12)18(16,17)11-13-8-3-4-9-14-13/h12-14H,2-11H2,1H3. The molecule has 1 saturated carbocycles. The van der Waals surface area contributed by atoms with Gasteiger partial charge in [0.1, 0.15) is 0 Å². The molecule has 0 spiro atoms. The van der Waals surface area contributed by atoms with Gasteiger partial charge in [-0.25, -0.2) is 12.7 Å². The van der Waals surface area contributed by atoms with Crippen molar-refractivity contribution in [1.29, 1.82) is 0 Å². The van der Waals surface area contributed by atoms with E-state index < -0.39 is 10.0 Å². The van der Waals surface area contributed by atoms with Crippen molar-refractivity contribution in [2.24, 2.45) is 5.92 Å². The summed E-state index contributed by atoms with van der Waals surface area (Å²) in [6.07, 6.45) is 7.01. The van der Waals surface area contributed by atoms with Crippen LogP contribution in [0.4, 0.5) is 0 Å². The molecule has 18 heavy (non-hydrogen) atoms. The Morgan fingerprint density at radius 1 is 1.17 bits per heavy atom. The van der Waals surface area contributed by atoms with Gasteiger partial charge in [-0.2, -0.15) is 0 Å². The van der Waals surface area contributed by atoms with E-state index in [1.807, 2.05) is 6.92 Å². The third-order valence-corrected chi connectivity index (χ3v) is 6.27. The molecule has 1 heterocycles. The highest BCUT2D eigenvalue weighted by molar-refractivity contribution is 7.89. The minimum absolute atomic E-state index is 0.166. The van der Waals surface area contributed by atoms with Crippen LogP contribution in [0.25, 0.3) is 0 Å². The number of hydrogen-bond acceptors (Lipinski definition) is 3. The number of hydrogen-bond donors (Lipinski definition) is 1. The van der Waals surface area contributed by atoms with E-state index in [4.69, 9.17) is 0 Å². The van der Waals surface area contributed by atoms with Crippen LogP contribution in [0.15, 0.2) is 0 Å². The summed E-state index contributed by atoms with van der Waals surface area (Å²) >= 11 is 0. The van der Waals surface area contributed by atoms with Crippen LogP contribution in [-0.2, 0) is 10.0 Å². The lowest BCUT2D eigenvalue weighted by Gasteiger charge is -2.32. The quantitative estimate of drug-likeness (QED) is 0.800. The van der Waals surface area contributed by atoms with E-state index in [-0.39, 0.29) is 11.8 Å². The molecular weight excluding hydrogens is 248 g/mol. The lowest BCUT2D eigenvalue weighted by molar-refractivity contribution is 0.249. The number of nitrogens with one attached hydrogen (secondary N) is 1. The van der Waals surface area contributed by atoms with Crippen molar-refractivity contribution in [2.75, 3.05) is 25.4 Å². The summed E-state index contributed by atoms with van der Waals surface area (Å²) in [5.41, 5.74) is 0. The van der Waals surface area contributed by atoms with E-state index in [2.05, 4.69) is 5.32 Å². The van der Waals surface area contributed by atoms with Gasteiger partial charge in [0.05, 0.1) is 5.75 Å². The summed E-state index contributed by atoms with van der Waals surface area (Å²) in [6.45, 7) is 4.27. The minimum atomic E-state index is -3.07. The van der Waals surface area contributed by atoms with Crippen molar-refractivity contribution in [1.82, 2.24) is 9.62 Å². The predicted molar refractivity (Wildman–Crippen MR) is 74.0 cm³/mol. The van der Waals surface area contributed by atoms with Crippen LogP contribution in [0.5, 0.6) is 0 Å². The van der Waals surface area contributed by atoms with Crippen LogP contribution in [-0.4, -0.2) is 44.2 Å².